The van der Waals surface area contributed by atoms with Crippen molar-refractivity contribution < 1.29 is 14.6 Å². The first kappa shape index (κ1) is 12.3. The quantitative estimate of drug-likeness (QED) is 0.905. The number of rotatable bonds is 3. The van der Waals surface area contributed by atoms with E-state index in [1.165, 1.54) is 4.90 Å². The van der Waals surface area contributed by atoms with E-state index in [0.717, 1.165) is 5.56 Å². The van der Waals surface area contributed by atoms with E-state index in [-0.39, 0.29) is 6.10 Å². The van der Waals surface area contributed by atoms with Crippen molar-refractivity contribution in [3.05, 3.63) is 36.9 Å². The van der Waals surface area contributed by atoms with Crippen molar-refractivity contribution in [2.75, 3.05) is 13.1 Å². The lowest BCUT2D eigenvalue weighted by Crippen LogP contribution is -2.55. The molecule has 7 nitrogen and oxygen atoms in total. The molecule has 1 N–H and O–H groups in total. The topological polar surface area (TPSA) is 88.4 Å². The molecule has 1 amide bonds. The molecular formula is C13H12N4O3. The van der Waals surface area contributed by atoms with E-state index in [0.29, 0.717) is 24.7 Å². The van der Waals surface area contributed by atoms with Crippen LogP contribution in [-0.4, -0.2) is 50.2 Å². The van der Waals surface area contributed by atoms with E-state index in [9.17, 15) is 4.79 Å². The lowest BCUT2D eigenvalue weighted by molar-refractivity contribution is 0.0229. The van der Waals surface area contributed by atoms with E-state index in [4.69, 9.17) is 9.84 Å². The van der Waals surface area contributed by atoms with E-state index in [1.807, 2.05) is 12.1 Å². The van der Waals surface area contributed by atoms with Crippen molar-refractivity contribution >= 4 is 6.09 Å². The molecule has 0 saturated carbocycles. The molecule has 0 atom stereocenters. The summed E-state index contributed by atoms with van der Waals surface area (Å²) in [5.41, 5.74) is 1.49. The van der Waals surface area contributed by atoms with Gasteiger partial charge in [-0.1, -0.05) is 0 Å². The van der Waals surface area contributed by atoms with Gasteiger partial charge in [-0.15, -0.1) is 0 Å². The van der Waals surface area contributed by atoms with Crippen molar-refractivity contribution in [3.8, 4) is 17.1 Å². The van der Waals surface area contributed by atoms with Gasteiger partial charge in [-0.2, -0.15) is 0 Å². The maximum Gasteiger partial charge on any atom is 0.407 e. The molecule has 1 aliphatic heterocycles. The van der Waals surface area contributed by atoms with Crippen molar-refractivity contribution in [3.63, 3.8) is 0 Å². The predicted molar refractivity (Wildman–Crippen MR) is 69.3 cm³/mol. The minimum atomic E-state index is -0.932. The Kier molecular flexibility index (Phi) is 3.16. The van der Waals surface area contributed by atoms with E-state index in [2.05, 4.69) is 15.0 Å². The van der Waals surface area contributed by atoms with Gasteiger partial charge in [-0.3, -0.25) is 4.98 Å². The summed E-state index contributed by atoms with van der Waals surface area (Å²) in [6.07, 6.45) is 5.37. The number of carbonyl (C=O) groups is 1. The van der Waals surface area contributed by atoms with Gasteiger partial charge in [0.05, 0.1) is 13.1 Å². The zero-order chi connectivity index (χ0) is 13.9. The molecule has 0 unspecified atom stereocenters. The summed E-state index contributed by atoms with van der Waals surface area (Å²) in [6, 6.07) is 3.64. The zero-order valence-corrected chi connectivity index (χ0v) is 10.5. The molecule has 1 aliphatic rings. The van der Waals surface area contributed by atoms with E-state index in [1.54, 1.807) is 24.8 Å². The van der Waals surface area contributed by atoms with Gasteiger partial charge in [-0.05, 0) is 12.1 Å². The van der Waals surface area contributed by atoms with Crippen LogP contribution in [0.1, 0.15) is 0 Å². The first-order valence-electron chi connectivity index (χ1n) is 6.10. The molecule has 3 heterocycles. The highest BCUT2D eigenvalue weighted by Crippen LogP contribution is 2.26. The van der Waals surface area contributed by atoms with Gasteiger partial charge in [0, 0.05) is 30.4 Å². The summed E-state index contributed by atoms with van der Waals surface area (Å²) in [5, 5.41) is 8.79. The van der Waals surface area contributed by atoms with Gasteiger partial charge >= 0.3 is 6.09 Å². The lowest BCUT2D eigenvalue weighted by atomic mass is 10.1. The second kappa shape index (κ2) is 5.12. The number of nitrogens with zero attached hydrogens (tertiary/aromatic N) is 4. The normalized spacial score (nSPS) is 14.7. The molecule has 3 rings (SSSR count). The third-order valence-corrected chi connectivity index (χ3v) is 3.02. The summed E-state index contributed by atoms with van der Waals surface area (Å²) >= 11 is 0. The Bertz CT molecular complexity index is 614. The summed E-state index contributed by atoms with van der Waals surface area (Å²) in [6.45, 7) is 0.698. The highest BCUT2D eigenvalue weighted by molar-refractivity contribution is 5.66. The van der Waals surface area contributed by atoms with Gasteiger partial charge in [0.25, 0.3) is 0 Å². The minimum absolute atomic E-state index is 0.177. The van der Waals surface area contributed by atoms with Crippen molar-refractivity contribution in [1.29, 1.82) is 0 Å². The number of ether oxygens (including phenoxy) is 1. The van der Waals surface area contributed by atoms with Crippen LogP contribution in [0.25, 0.3) is 11.3 Å². The Morgan fingerprint density at radius 2 is 1.90 bits per heavy atom. The van der Waals surface area contributed by atoms with Crippen LogP contribution in [0.2, 0.25) is 0 Å². The molecule has 1 fully saturated rings. The first-order chi connectivity index (χ1) is 9.74. The van der Waals surface area contributed by atoms with Crippen molar-refractivity contribution in [2.24, 2.45) is 0 Å². The summed E-state index contributed by atoms with van der Waals surface area (Å²) in [7, 11) is 0. The molecule has 0 radical (unpaired) electrons. The fourth-order valence-corrected chi connectivity index (χ4v) is 1.95. The Balaban J connectivity index is 1.76. The number of hydrogen-bond donors (Lipinski definition) is 1. The molecular weight excluding hydrogens is 260 g/mol. The minimum Gasteiger partial charge on any atom is -0.469 e. The number of likely N-dealkylation sites (tertiary alicyclic amines) is 1. The van der Waals surface area contributed by atoms with Crippen LogP contribution in [0.15, 0.2) is 36.9 Å². The second-order valence-electron chi connectivity index (χ2n) is 4.37. The molecule has 102 valence electrons. The van der Waals surface area contributed by atoms with Crippen LogP contribution in [0.5, 0.6) is 5.88 Å². The Labute approximate surface area is 114 Å². The third-order valence-electron chi connectivity index (χ3n) is 3.02. The summed E-state index contributed by atoms with van der Waals surface area (Å²) in [4.78, 5) is 24.4. The molecule has 2 aromatic heterocycles. The SMILES string of the molecule is O=C(O)N1CC(Oc2nccnc2-c2ccncc2)C1. The fourth-order valence-electron chi connectivity index (χ4n) is 1.95. The van der Waals surface area contributed by atoms with E-state index >= 15 is 0 Å². The monoisotopic (exact) mass is 272 g/mol. The molecule has 2 aromatic rings. The average Bonchev–Trinajstić information content (AvgIpc) is 2.43. The first-order valence-corrected chi connectivity index (χ1v) is 6.10. The van der Waals surface area contributed by atoms with Crippen molar-refractivity contribution in [2.45, 2.75) is 6.10 Å². The lowest BCUT2D eigenvalue weighted by Gasteiger charge is -2.36. The highest BCUT2D eigenvalue weighted by atomic mass is 16.5. The van der Waals surface area contributed by atoms with Crippen LogP contribution in [0, 0.1) is 0 Å². The van der Waals surface area contributed by atoms with Crippen LogP contribution in [-0.2, 0) is 0 Å². The van der Waals surface area contributed by atoms with Gasteiger partial charge in [0.1, 0.15) is 11.8 Å². The van der Waals surface area contributed by atoms with Crippen LogP contribution in [0.4, 0.5) is 4.79 Å². The number of hydrogen-bond acceptors (Lipinski definition) is 5. The summed E-state index contributed by atoms with van der Waals surface area (Å²) < 4.78 is 5.72. The predicted octanol–water partition coefficient (Wildman–Crippen LogP) is 1.28. The van der Waals surface area contributed by atoms with Gasteiger partial charge in [-0.25, -0.2) is 14.8 Å². The number of pyridine rings is 1. The Morgan fingerprint density at radius 1 is 1.20 bits per heavy atom. The summed E-state index contributed by atoms with van der Waals surface area (Å²) in [5.74, 6) is 0.411. The number of carboxylic acid groups (broad SMARTS) is 1. The Hall–Kier alpha value is -2.70. The molecule has 0 spiro atoms. The number of aromatic nitrogens is 3. The van der Waals surface area contributed by atoms with Gasteiger partial charge in [0.15, 0.2) is 0 Å². The van der Waals surface area contributed by atoms with E-state index < -0.39 is 6.09 Å². The smallest absolute Gasteiger partial charge is 0.407 e. The van der Waals surface area contributed by atoms with Crippen molar-refractivity contribution in [1.82, 2.24) is 19.9 Å². The largest absolute Gasteiger partial charge is 0.469 e. The standard InChI is InChI=1S/C13H12N4O3/c18-13(19)17-7-10(8-17)20-12-11(15-5-6-16-12)9-1-3-14-4-2-9/h1-6,10H,7-8H2,(H,18,19). The van der Waals surface area contributed by atoms with Crippen LogP contribution >= 0.6 is 0 Å². The fraction of sp³-hybridized carbons (Fsp3) is 0.231. The zero-order valence-electron chi connectivity index (χ0n) is 10.5. The van der Waals surface area contributed by atoms with Gasteiger partial charge in [0.2, 0.25) is 5.88 Å². The second-order valence-corrected chi connectivity index (χ2v) is 4.37. The molecule has 1 saturated heterocycles. The number of amides is 1. The van der Waals surface area contributed by atoms with Crippen LogP contribution in [0.3, 0.4) is 0 Å². The third kappa shape index (κ3) is 2.37. The van der Waals surface area contributed by atoms with Gasteiger partial charge < -0.3 is 14.7 Å². The molecule has 0 aliphatic carbocycles. The average molecular weight is 272 g/mol. The molecule has 7 heteroatoms. The van der Waals surface area contributed by atoms with Crippen LogP contribution < -0.4 is 4.74 Å². The molecule has 0 bridgehead atoms. The maximum atomic E-state index is 10.7. The Morgan fingerprint density at radius 3 is 2.60 bits per heavy atom. The maximum absolute atomic E-state index is 10.7. The highest BCUT2D eigenvalue weighted by Gasteiger charge is 2.33. The molecule has 20 heavy (non-hydrogen) atoms. The molecule has 0 aromatic carbocycles.